The highest BCUT2D eigenvalue weighted by atomic mass is 16.5. The molecule has 5 rings (SSSR count). The molecule has 7 nitrogen and oxygen atoms in total. The van der Waals surface area contributed by atoms with Crippen molar-refractivity contribution in [1.82, 2.24) is 24.7 Å². The fourth-order valence-electron chi connectivity index (χ4n) is 4.45. The molecule has 7 heteroatoms. The molecule has 1 aromatic carbocycles. The van der Waals surface area contributed by atoms with Crippen LogP contribution in [-0.2, 0) is 6.42 Å². The maximum Gasteiger partial charge on any atom is 0.141 e. The number of hydrogen-bond donors (Lipinski definition) is 0. The average molecular weight is 428 g/mol. The monoisotopic (exact) mass is 427 g/mol. The average Bonchev–Trinajstić information content (AvgIpc) is 3.32. The number of rotatable bonds is 5. The Morgan fingerprint density at radius 3 is 2.62 bits per heavy atom. The Balaban J connectivity index is 1.77. The van der Waals surface area contributed by atoms with Gasteiger partial charge in [0.05, 0.1) is 35.6 Å². The van der Waals surface area contributed by atoms with Crippen LogP contribution in [-0.4, -0.2) is 31.8 Å². The van der Waals surface area contributed by atoms with Crippen LogP contribution in [0.2, 0.25) is 0 Å². The van der Waals surface area contributed by atoms with Gasteiger partial charge in [-0.2, -0.15) is 0 Å². The maximum atomic E-state index is 5.80. The first-order chi connectivity index (χ1) is 15.5. The number of pyridine rings is 2. The van der Waals surface area contributed by atoms with Crippen LogP contribution < -0.4 is 4.74 Å². The van der Waals surface area contributed by atoms with Crippen molar-refractivity contribution in [2.75, 3.05) is 7.11 Å². The minimum atomic E-state index is 0.227. The van der Waals surface area contributed by atoms with Gasteiger partial charge in [-0.3, -0.25) is 9.97 Å². The lowest BCUT2D eigenvalue weighted by atomic mass is 10.0. The first-order valence-corrected chi connectivity index (χ1v) is 10.7. The fourth-order valence-corrected chi connectivity index (χ4v) is 4.45. The summed E-state index contributed by atoms with van der Waals surface area (Å²) in [4.78, 5) is 13.9. The topological polar surface area (TPSA) is 78.9 Å². The normalized spacial score (nSPS) is 11.7. The summed E-state index contributed by atoms with van der Waals surface area (Å²) in [5, 5.41) is 5.12. The van der Waals surface area contributed by atoms with Crippen molar-refractivity contribution in [3.05, 3.63) is 65.7 Å². The summed E-state index contributed by atoms with van der Waals surface area (Å²) in [7, 11) is 1.68. The number of fused-ring (bicyclic) bond motifs is 3. The fraction of sp³-hybridized carbons (Fsp3) is 0.280. The van der Waals surface area contributed by atoms with Crippen LogP contribution in [0.1, 0.15) is 42.7 Å². The highest BCUT2D eigenvalue weighted by Gasteiger charge is 2.21. The van der Waals surface area contributed by atoms with Crippen LogP contribution in [0.5, 0.6) is 5.75 Å². The number of nitrogens with zero attached hydrogens (tertiary/aromatic N) is 5. The first-order valence-electron chi connectivity index (χ1n) is 10.7. The van der Waals surface area contributed by atoms with E-state index >= 15 is 0 Å². The molecule has 0 radical (unpaired) electrons. The van der Waals surface area contributed by atoms with E-state index < -0.39 is 0 Å². The van der Waals surface area contributed by atoms with Gasteiger partial charge < -0.3 is 13.8 Å². The van der Waals surface area contributed by atoms with E-state index in [0.717, 1.165) is 61.7 Å². The lowest BCUT2D eigenvalue weighted by molar-refractivity contribution is 0.393. The number of aryl methyl sites for hydroxylation is 2. The number of benzene rings is 1. The van der Waals surface area contributed by atoms with Crippen LogP contribution in [0.25, 0.3) is 33.1 Å². The molecule has 0 amide bonds. The van der Waals surface area contributed by atoms with E-state index in [2.05, 4.69) is 46.8 Å². The Bertz CT molecular complexity index is 1410. The highest BCUT2D eigenvalue weighted by molar-refractivity contribution is 6.05. The predicted molar refractivity (Wildman–Crippen MR) is 124 cm³/mol. The van der Waals surface area contributed by atoms with Crippen LogP contribution >= 0.6 is 0 Å². The van der Waals surface area contributed by atoms with Crippen molar-refractivity contribution in [2.24, 2.45) is 0 Å². The van der Waals surface area contributed by atoms with Gasteiger partial charge in [-0.05, 0) is 51.5 Å². The van der Waals surface area contributed by atoms with E-state index in [0.29, 0.717) is 6.42 Å². The second kappa shape index (κ2) is 7.75. The number of imidazole rings is 1. The zero-order chi connectivity index (χ0) is 22.4. The van der Waals surface area contributed by atoms with Crippen molar-refractivity contribution in [3.63, 3.8) is 0 Å². The maximum absolute atomic E-state index is 5.80. The van der Waals surface area contributed by atoms with Crippen molar-refractivity contribution < 1.29 is 9.26 Å². The van der Waals surface area contributed by atoms with E-state index in [1.54, 1.807) is 13.3 Å². The zero-order valence-electron chi connectivity index (χ0n) is 18.9. The second-order valence-corrected chi connectivity index (χ2v) is 8.29. The smallest absolute Gasteiger partial charge is 0.141 e. The third kappa shape index (κ3) is 3.21. The molecule has 5 aromatic rings. The molecule has 0 N–H and O–H groups in total. The summed E-state index contributed by atoms with van der Waals surface area (Å²) in [6.45, 7) is 8.20. The Morgan fingerprint density at radius 1 is 1.12 bits per heavy atom. The summed E-state index contributed by atoms with van der Waals surface area (Å²) >= 11 is 0. The molecule has 0 aliphatic carbocycles. The standard InChI is InChI=1S/C25H25N5O2/c1-14(2)30-23(9-17-7-6-8-26-12-17)28-21-13-27-20-10-19(24-15(3)29-32-16(24)4)22(31-5)11-18(20)25(21)30/h6-8,10-14H,9H2,1-5H3. The quantitative estimate of drug-likeness (QED) is 0.372. The molecule has 0 aliphatic heterocycles. The molecule has 0 bridgehead atoms. The summed E-state index contributed by atoms with van der Waals surface area (Å²) < 4.78 is 13.5. The molecule has 4 heterocycles. The summed E-state index contributed by atoms with van der Waals surface area (Å²) in [5.41, 5.74) is 6.63. The third-order valence-electron chi connectivity index (χ3n) is 5.81. The second-order valence-electron chi connectivity index (χ2n) is 8.29. The van der Waals surface area contributed by atoms with Crippen LogP contribution in [0.4, 0.5) is 0 Å². The lowest BCUT2D eigenvalue weighted by Crippen LogP contribution is -2.07. The summed E-state index contributed by atoms with van der Waals surface area (Å²) in [5.74, 6) is 2.50. The molecule has 0 saturated carbocycles. The van der Waals surface area contributed by atoms with Gasteiger partial charge in [0.2, 0.25) is 0 Å². The molecule has 0 saturated heterocycles. The van der Waals surface area contributed by atoms with Gasteiger partial charge in [-0.1, -0.05) is 11.2 Å². The Hall–Kier alpha value is -3.74. The van der Waals surface area contributed by atoms with Crippen molar-refractivity contribution in [2.45, 2.75) is 40.2 Å². The van der Waals surface area contributed by atoms with Gasteiger partial charge >= 0.3 is 0 Å². The van der Waals surface area contributed by atoms with Crippen molar-refractivity contribution in [1.29, 1.82) is 0 Å². The summed E-state index contributed by atoms with van der Waals surface area (Å²) in [6.07, 6.45) is 6.23. The molecular weight excluding hydrogens is 402 g/mol. The molecule has 0 spiro atoms. The molecule has 4 aromatic heterocycles. The van der Waals surface area contributed by atoms with Crippen molar-refractivity contribution in [3.8, 4) is 16.9 Å². The Kier molecular flexibility index (Phi) is 4.89. The number of hydrogen-bond acceptors (Lipinski definition) is 6. The molecule has 0 unspecified atom stereocenters. The minimum Gasteiger partial charge on any atom is -0.496 e. The van der Waals surface area contributed by atoms with Crippen LogP contribution in [0.3, 0.4) is 0 Å². The van der Waals surface area contributed by atoms with E-state index in [4.69, 9.17) is 19.2 Å². The number of methoxy groups -OCH3 is 1. The molecule has 0 atom stereocenters. The number of aromatic nitrogens is 5. The van der Waals surface area contributed by atoms with Gasteiger partial charge in [0.25, 0.3) is 0 Å². The van der Waals surface area contributed by atoms with Crippen molar-refractivity contribution >= 4 is 21.9 Å². The van der Waals surface area contributed by atoms with E-state index in [1.165, 1.54) is 0 Å². The van der Waals surface area contributed by atoms with Gasteiger partial charge in [-0.25, -0.2) is 4.98 Å². The first kappa shape index (κ1) is 20.2. The Morgan fingerprint density at radius 2 is 1.97 bits per heavy atom. The highest BCUT2D eigenvalue weighted by Crippen LogP contribution is 2.39. The van der Waals surface area contributed by atoms with Gasteiger partial charge in [-0.15, -0.1) is 0 Å². The summed E-state index contributed by atoms with van der Waals surface area (Å²) in [6, 6.07) is 8.37. The van der Waals surface area contributed by atoms with Crippen LogP contribution in [0, 0.1) is 13.8 Å². The van der Waals surface area contributed by atoms with E-state index in [9.17, 15) is 0 Å². The minimum absolute atomic E-state index is 0.227. The van der Waals surface area contributed by atoms with Crippen LogP contribution in [0.15, 0.2) is 47.4 Å². The molecule has 162 valence electrons. The van der Waals surface area contributed by atoms with Gasteiger partial charge in [0, 0.05) is 35.8 Å². The van der Waals surface area contributed by atoms with Gasteiger partial charge in [0.1, 0.15) is 22.9 Å². The van der Waals surface area contributed by atoms with E-state index in [-0.39, 0.29) is 6.04 Å². The zero-order valence-corrected chi connectivity index (χ0v) is 18.9. The van der Waals surface area contributed by atoms with E-state index in [1.807, 2.05) is 32.3 Å². The van der Waals surface area contributed by atoms with Gasteiger partial charge in [0.15, 0.2) is 0 Å². The number of ether oxygens (including phenoxy) is 1. The SMILES string of the molecule is COc1cc2c(cc1-c1c(C)noc1C)ncc1nc(Cc3cccnc3)n(C(C)C)c12. The third-order valence-corrected chi connectivity index (χ3v) is 5.81. The molecular formula is C25H25N5O2. The molecule has 32 heavy (non-hydrogen) atoms. The lowest BCUT2D eigenvalue weighted by Gasteiger charge is -2.15. The molecule has 0 fully saturated rings. The largest absolute Gasteiger partial charge is 0.496 e. The molecule has 0 aliphatic rings. The Labute approximate surface area is 186 Å². The predicted octanol–water partition coefficient (Wildman–Crippen LogP) is 5.43.